The summed E-state index contributed by atoms with van der Waals surface area (Å²) in [5.41, 5.74) is 5.68. The number of nitrogen functional groups attached to an aromatic ring is 1. The first-order valence-electron chi connectivity index (χ1n) is 4.44. The third kappa shape index (κ3) is 3.27. The van der Waals surface area contributed by atoms with Crippen molar-refractivity contribution in [2.45, 2.75) is 12.6 Å². The minimum atomic E-state index is 0. The summed E-state index contributed by atoms with van der Waals surface area (Å²) in [7, 11) is 0. The smallest absolute Gasteiger partial charge is 0.153 e. The highest BCUT2D eigenvalue weighted by Gasteiger charge is 2.16. The summed E-state index contributed by atoms with van der Waals surface area (Å²) in [6.07, 6.45) is 0.0158. The summed E-state index contributed by atoms with van der Waals surface area (Å²) in [6.45, 7) is 2.45. The molecule has 0 aromatic carbocycles. The molecule has 1 aromatic heterocycles. The number of hydrogen-bond donors (Lipinski definition) is 1. The Morgan fingerprint density at radius 1 is 1.60 bits per heavy atom. The van der Waals surface area contributed by atoms with Gasteiger partial charge in [-0.15, -0.1) is 0 Å². The number of halogens is 1. The van der Waals surface area contributed by atoms with Gasteiger partial charge in [-0.25, -0.2) is 4.68 Å². The molecule has 2 rings (SSSR count). The Labute approximate surface area is 99.9 Å². The lowest BCUT2D eigenvalue weighted by Crippen LogP contribution is -2.32. The Morgan fingerprint density at radius 3 is 2.93 bits per heavy atom. The fourth-order valence-corrected chi connectivity index (χ4v) is 1.58. The number of aromatic nitrogens is 2. The van der Waals surface area contributed by atoms with Crippen molar-refractivity contribution >= 4 is 30.9 Å². The van der Waals surface area contributed by atoms with Gasteiger partial charge in [0.15, 0.2) is 5.15 Å². The van der Waals surface area contributed by atoms with E-state index >= 15 is 0 Å². The lowest BCUT2D eigenvalue weighted by Gasteiger charge is -2.22. The van der Waals surface area contributed by atoms with E-state index in [0.29, 0.717) is 37.3 Å². The van der Waals surface area contributed by atoms with E-state index in [1.807, 2.05) is 0 Å². The standard InChI is InChI=1S/C8H12ClN3O2.H2S/c9-7-3-8(10)12(11-7)4-6-5-13-1-2-14-6;/h3,6H,1-2,4-5,10H2;1H2/t6-;/m0./s1. The van der Waals surface area contributed by atoms with E-state index in [-0.39, 0.29) is 19.6 Å². The molecule has 0 spiro atoms. The Bertz CT molecular complexity index is 315. The molecule has 1 atom stereocenters. The van der Waals surface area contributed by atoms with Crippen molar-refractivity contribution in [3.63, 3.8) is 0 Å². The number of ether oxygens (including phenoxy) is 2. The van der Waals surface area contributed by atoms with Crippen LogP contribution in [-0.4, -0.2) is 35.7 Å². The SMILES string of the molecule is Nc1cc(Cl)nn1C[C@H]1COCCO1.S. The van der Waals surface area contributed by atoms with Gasteiger partial charge in [0.05, 0.1) is 26.4 Å². The molecule has 1 aromatic rings. The third-order valence-electron chi connectivity index (χ3n) is 2.04. The van der Waals surface area contributed by atoms with Crippen molar-refractivity contribution in [2.24, 2.45) is 0 Å². The highest BCUT2D eigenvalue weighted by molar-refractivity contribution is 7.59. The van der Waals surface area contributed by atoms with Crippen LogP contribution < -0.4 is 5.73 Å². The summed E-state index contributed by atoms with van der Waals surface area (Å²) >= 11 is 5.70. The lowest BCUT2D eigenvalue weighted by atomic mass is 10.3. The van der Waals surface area contributed by atoms with Crippen LogP contribution in [0.2, 0.25) is 5.15 Å². The van der Waals surface area contributed by atoms with Gasteiger partial charge in [-0.2, -0.15) is 18.6 Å². The average molecular weight is 252 g/mol. The second-order valence-corrected chi connectivity index (χ2v) is 3.53. The van der Waals surface area contributed by atoms with Crippen molar-refractivity contribution in [3.8, 4) is 0 Å². The number of rotatable bonds is 2. The molecule has 1 saturated heterocycles. The summed E-state index contributed by atoms with van der Waals surface area (Å²) in [5.74, 6) is 0.546. The van der Waals surface area contributed by atoms with Gasteiger partial charge in [0.25, 0.3) is 0 Å². The molecule has 0 radical (unpaired) electrons. The Morgan fingerprint density at radius 2 is 2.40 bits per heavy atom. The number of nitrogens with zero attached hydrogens (tertiary/aromatic N) is 2. The largest absolute Gasteiger partial charge is 0.384 e. The van der Waals surface area contributed by atoms with E-state index < -0.39 is 0 Å². The van der Waals surface area contributed by atoms with Crippen molar-refractivity contribution in [2.75, 3.05) is 25.6 Å². The van der Waals surface area contributed by atoms with Crippen molar-refractivity contribution < 1.29 is 9.47 Å². The predicted molar refractivity (Wildman–Crippen MR) is 62.6 cm³/mol. The molecule has 1 aliphatic heterocycles. The summed E-state index contributed by atoms with van der Waals surface area (Å²) in [5, 5.41) is 4.43. The van der Waals surface area contributed by atoms with E-state index in [9.17, 15) is 0 Å². The molecule has 1 aliphatic rings. The molecule has 5 nitrogen and oxygen atoms in total. The molecule has 0 amide bonds. The van der Waals surface area contributed by atoms with Gasteiger partial charge in [-0.3, -0.25) is 0 Å². The zero-order chi connectivity index (χ0) is 9.97. The number of anilines is 1. The fourth-order valence-electron chi connectivity index (χ4n) is 1.38. The Kier molecular flexibility index (Phi) is 4.72. The quantitative estimate of drug-likeness (QED) is 0.838. The first-order valence-corrected chi connectivity index (χ1v) is 4.81. The topological polar surface area (TPSA) is 62.3 Å². The van der Waals surface area contributed by atoms with Crippen LogP contribution in [0.3, 0.4) is 0 Å². The zero-order valence-electron chi connectivity index (χ0n) is 8.15. The molecular weight excluding hydrogens is 238 g/mol. The maximum Gasteiger partial charge on any atom is 0.153 e. The Balaban J connectivity index is 0.00000112. The van der Waals surface area contributed by atoms with E-state index in [4.69, 9.17) is 26.8 Å². The van der Waals surface area contributed by atoms with Crippen LogP contribution in [-0.2, 0) is 16.0 Å². The predicted octanol–water partition coefficient (Wildman–Crippen LogP) is 0.647. The van der Waals surface area contributed by atoms with Crippen LogP contribution in [0.1, 0.15) is 0 Å². The molecule has 2 heterocycles. The molecule has 0 saturated carbocycles. The van der Waals surface area contributed by atoms with Crippen LogP contribution in [0.5, 0.6) is 0 Å². The first kappa shape index (κ1) is 12.6. The third-order valence-corrected chi connectivity index (χ3v) is 2.23. The zero-order valence-corrected chi connectivity index (χ0v) is 9.91. The van der Waals surface area contributed by atoms with Crippen LogP contribution in [0, 0.1) is 0 Å². The molecule has 0 bridgehead atoms. The summed E-state index contributed by atoms with van der Waals surface area (Å²) in [4.78, 5) is 0. The van der Waals surface area contributed by atoms with Crippen molar-refractivity contribution in [1.29, 1.82) is 0 Å². The second-order valence-electron chi connectivity index (χ2n) is 3.14. The lowest BCUT2D eigenvalue weighted by molar-refractivity contribution is -0.0944. The van der Waals surface area contributed by atoms with E-state index in [0.717, 1.165) is 0 Å². The number of nitrogens with two attached hydrogens (primary N) is 1. The van der Waals surface area contributed by atoms with Gasteiger partial charge in [0, 0.05) is 6.07 Å². The normalized spacial score (nSPS) is 21.0. The molecule has 0 aliphatic carbocycles. The van der Waals surface area contributed by atoms with E-state index in [2.05, 4.69) is 5.10 Å². The second kappa shape index (κ2) is 5.60. The van der Waals surface area contributed by atoms with Gasteiger partial charge in [-0.05, 0) is 0 Å². The summed E-state index contributed by atoms with van der Waals surface area (Å²) in [6, 6.07) is 1.62. The fraction of sp³-hybridized carbons (Fsp3) is 0.625. The van der Waals surface area contributed by atoms with Crippen LogP contribution in [0.15, 0.2) is 6.07 Å². The average Bonchev–Trinajstić information content (AvgIpc) is 2.47. The van der Waals surface area contributed by atoms with E-state index in [1.54, 1.807) is 10.7 Å². The minimum absolute atomic E-state index is 0. The van der Waals surface area contributed by atoms with Gasteiger partial charge >= 0.3 is 0 Å². The molecular formula is C8H14ClN3O2S. The monoisotopic (exact) mass is 251 g/mol. The Hall–Kier alpha value is -0.430. The van der Waals surface area contributed by atoms with Crippen LogP contribution in [0.25, 0.3) is 0 Å². The van der Waals surface area contributed by atoms with Gasteiger partial charge in [0.2, 0.25) is 0 Å². The highest BCUT2D eigenvalue weighted by atomic mass is 35.5. The molecule has 2 N–H and O–H groups in total. The minimum Gasteiger partial charge on any atom is -0.384 e. The van der Waals surface area contributed by atoms with Crippen LogP contribution >= 0.6 is 25.1 Å². The van der Waals surface area contributed by atoms with E-state index in [1.165, 1.54) is 0 Å². The maximum absolute atomic E-state index is 5.70. The molecule has 0 unspecified atom stereocenters. The van der Waals surface area contributed by atoms with Crippen LogP contribution in [0.4, 0.5) is 5.82 Å². The van der Waals surface area contributed by atoms with Gasteiger partial charge in [0.1, 0.15) is 11.9 Å². The molecule has 7 heteroatoms. The molecule has 86 valence electrons. The van der Waals surface area contributed by atoms with Gasteiger partial charge in [-0.1, -0.05) is 11.6 Å². The van der Waals surface area contributed by atoms with Crippen molar-refractivity contribution in [3.05, 3.63) is 11.2 Å². The van der Waals surface area contributed by atoms with Crippen molar-refractivity contribution in [1.82, 2.24) is 9.78 Å². The summed E-state index contributed by atoms with van der Waals surface area (Å²) < 4.78 is 12.3. The molecule has 15 heavy (non-hydrogen) atoms. The highest BCUT2D eigenvalue weighted by Crippen LogP contribution is 2.13. The first-order chi connectivity index (χ1) is 6.75. The maximum atomic E-state index is 5.70. The molecule has 1 fully saturated rings. The van der Waals surface area contributed by atoms with Gasteiger partial charge < -0.3 is 15.2 Å². The number of hydrogen-bond acceptors (Lipinski definition) is 4.